The van der Waals surface area contributed by atoms with Gasteiger partial charge in [0.15, 0.2) is 11.5 Å². The number of halogens is 1. The van der Waals surface area contributed by atoms with Crippen LogP contribution in [0.3, 0.4) is 0 Å². The Labute approximate surface area is 251 Å². The molecule has 0 unspecified atom stereocenters. The van der Waals surface area contributed by atoms with E-state index < -0.39 is 22.9 Å². The van der Waals surface area contributed by atoms with Gasteiger partial charge in [0.25, 0.3) is 11.1 Å². The number of aromatic nitrogens is 2. The predicted molar refractivity (Wildman–Crippen MR) is 163 cm³/mol. The molecule has 5 rings (SSSR count). The number of amides is 3. The number of ether oxygens (including phenoxy) is 2. The van der Waals surface area contributed by atoms with E-state index in [9.17, 15) is 18.8 Å². The standard InChI is InChI=1S/C32H27FN4O5S/c1-41-26-14-10-22(19-27(26)42-2)30-23(20-37(35-30)25-6-4-3-5-7-25)11-15-29(38)34-16-17-36-31(39)28(43-32(36)40)18-21-8-12-24(33)13-9-21/h3-15,18-20H,16-17H2,1-2H3,(H,34,38)/b15-11+,28-18-. The van der Waals surface area contributed by atoms with Crippen LogP contribution in [-0.2, 0) is 9.59 Å². The van der Waals surface area contributed by atoms with Crippen molar-refractivity contribution in [1.29, 1.82) is 0 Å². The van der Waals surface area contributed by atoms with E-state index in [1.807, 2.05) is 48.7 Å². The van der Waals surface area contributed by atoms with Gasteiger partial charge in [-0.3, -0.25) is 19.3 Å². The molecule has 0 atom stereocenters. The molecule has 218 valence electrons. The van der Waals surface area contributed by atoms with Gasteiger partial charge in [0.2, 0.25) is 5.91 Å². The van der Waals surface area contributed by atoms with Gasteiger partial charge in [-0.05, 0) is 71.9 Å². The Hall–Kier alpha value is -5.16. The largest absolute Gasteiger partial charge is 0.493 e. The van der Waals surface area contributed by atoms with Gasteiger partial charge in [0.05, 0.1) is 24.8 Å². The number of benzene rings is 3. The van der Waals surface area contributed by atoms with Gasteiger partial charge in [-0.25, -0.2) is 9.07 Å². The molecule has 43 heavy (non-hydrogen) atoms. The molecule has 1 aromatic heterocycles. The number of hydrogen-bond acceptors (Lipinski definition) is 7. The number of nitrogens with zero attached hydrogens (tertiary/aromatic N) is 3. The molecule has 3 aromatic carbocycles. The first-order valence-corrected chi connectivity index (χ1v) is 14.0. The lowest BCUT2D eigenvalue weighted by Gasteiger charge is -2.12. The summed E-state index contributed by atoms with van der Waals surface area (Å²) in [5, 5.41) is 7.04. The van der Waals surface area contributed by atoms with Crippen LogP contribution in [0.15, 0.2) is 90.0 Å². The van der Waals surface area contributed by atoms with Crippen molar-refractivity contribution in [1.82, 2.24) is 20.0 Å². The number of nitrogens with one attached hydrogen (secondary N) is 1. The van der Waals surface area contributed by atoms with Crippen molar-refractivity contribution in [2.75, 3.05) is 27.3 Å². The number of imide groups is 1. The van der Waals surface area contributed by atoms with Crippen LogP contribution < -0.4 is 14.8 Å². The van der Waals surface area contributed by atoms with Crippen molar-refractivity contribution < 1.29 is 28.2 Å². The van der Waals surface area contributed by atoms with E-state index in [0.717, 1.165) is 27.9 Å². The van der Waals surface area contributed by atoms with Crippen molar-refractivity contribution in [3.63, 3.8) is 0 Å². The summed E-state index contributed by atoms with van der Waals surface area (Å²) in [7, 11) is 3.12. The summed E-state index contributed by atoms with van der Waals surface area (Å²) >= 11 is 0.804. The summed E-state index contributed by atoms with van der Waals surface area (Å²) < 4.78 is 25.7. The summed E-state index contributed by atoms with van der Waals surface area (Å²) in [6, 6.07) is 20.6. The molecule has 0 radical (unpaired) electrons. The van der Waals surface area contributed by atoms with E-state index in [1.54, 1.807) is 31.0 Å². The predicted octanol–water partition coefficient (Wildman–Crippen LogP) is 5.56. The molecule has 0 saturated carbocycles. The minimum atomic E-state index is -0.461. The number of para-hydroxylation sites is 1. The molecule has 1 aliphatic heterocycles. The van der Waals surface area contributed by atoms with E-state index in [1.165, 1.54) is 36.4 Å². The normalized spacial score (nSPS) is 14.1. The number of hydrogen-bond donors (Lipinski definition) is 1. The summed E-state index contributed by atoms with van der Waals surface area (Å²) in [6.07, 6.45) is 6.38. The fraction of sp³-hybridized carbons (Fsp3) is 0.125. The molecule has 3 amide bonds. The third kappa shape index (κ3) is 6.84. The first-order valence-electron chi connectivity index (χ1n) is 13.2. The van der Waals surface area contributed by atoms with E-state index in [4.69, 9.17) is 14.6 Å². The van der Waals surface area contributed by atoms with Gasteiger partial charge < -0.3 is 14.8 Å². The maximum atomic E-state index is 13.2. The Morgan fingerprint density at radius 2 is 1.74 bits per heavy atom. The molecule has 11 heteroatoms. The van der Waals surface area contributed by atoms with E-state index in [2.05, 4.69) is 5.32 Å². The van der Waals surface area contributed by atoms with E-state index in [0.29, 0.717) is 28.3 Å². The molecule has 0 spiro atoms. The molecule has 1 N–H and O–H groups in total. The zero-order chi connectivity index (χ0) is 30.3. The molecule has 4 aromatic rings. The fourth-order valence-electron chi connectivity index (χ4n) is 4.35. The highest BCUT2D eigenvalue weighted by atomic mass is 32.2. The first kappa shape index (κ1) is 29.3. The Kier molecular flexibility index (Phi) is 9.02. The topological polar surface area (TPSA) is 103 Å². The van der Waals surface area contributed by atoms with Gasteiger partial charge in [0, 0.05) is 36.5 Å². The summed E-state index contributed by atoms with van der Waals surface area (Å²) in [6.45, 7) is 0.0741. The highest BCUT2D eigenvalue weighted by Gasteiger charge is 2.34. The van der Waals surface area contributed by atoms with Crippen molar-refractivity contribution in [2.45, 2.75) is 0 Å². The zero-order valence-electron chi connectivity index (χ0n) is 23.3. The third-order valence-corrected chi connectivity index (χ3v) is 7.42. The highest BCUT2D eigenvalue weighted by Crippen LogP contribution is 2.34. The second-order valence-electron chi connectivity index (χ2n) is 9.29. The molecule has 1 aliphatic rings. The van der Waals surface area contributed by atoms with Gasteiger partial charge in [-0.15, -0.1) is 0 Å². The van der Waals surface area contributed by atoms with Crippen LogP contribution >= 0.6 is 11.8 Å². The number of carbonyl (C=O) groups excluding carboxylic acids is 3. The van der Waals surface area contributed by atoms with Crippen LogP contribution in [-0.4, -0.2) is 59.0 Å². The van der Waals surface area contributed by atoms with Crippen LogP contribution in [0.5, 0.6) is 11.5 Å². The van der Waals surface area contributed by atoms with E-state index >= 15 is 0 Å². The monoisotopic (exact) mass is 598 g/mol. The van der Waals surface area contributed by atoms with Crippen LogP contribution in [0.25, 0.3) is 29.1 Å². The SMILES string of the molecule is COc1ccc(-c2nn(-c3ccccc3)cc2/C=C/C(=O)NCCN2C(=O)S/C(=C\c3ccc(F)cc3)C2=O)cc1OC. The molecular weight excluding hydrogens is 571 g/mol. The Morgan fingerprint density at radius 3 is 2.47 bits per heavy atom. The first-order chi connectivity index (χ1) is 20.9. The number of methoxy groups -OCH3 is 2. The maximum absolute atomic E-state index is 13.2. The second-order valence-corrected chi connectivity index (χ2v) is 10.3. The molecular formula is C32H27FN4O5S. The van der Waals surface area contributed by atoms with Gasteiger partial charge >= 0.3 is 0 Å². The van der Waals surface area contributed by atoms with Crippen LogP contribution in [0.1, 0.15) is 11.1 Å². The second kappa shape index (κ2) is 13.2. The van der Waals surface area contributed by atoms with Crippen molar-refractivity contribution in [3.8, 4) is 28.4 Å². The van der Waals surface area contributed by atoms with Crippen molar-refractivity contribution >= 4 is 41.0 Å². The van der Waals surface area contributed by atoms with Crippen LogP contribution in [0, 0.1) is 5.82 Å². The molecule has 9 nitrogen and oxygen atoms in total. The number of thioether (sulfide) groups is 1. The minimum Gasteiger partial charge on any atom is -0.493 e. The van der Waals surface area contributed by atoms with Crippen LogP contribution in [0.4, 0.5) is 9.18 Å². The maximum Gasteiger partial charge on any atom is 0.293 e. The molecule has 2 heterocycles. The van der Waals surface area contributed by atoms with Gasteiger partial charge in [-0.1, -0.05) is 30.3 Å². The lowest BCUT2D eigenvalue weighted by molar-refractivity contribution is -0.123. The average molecular weight is 599 g/mol. The Bertz CT molecular complexity index is 1720. The zero-order valence-corrected chi connectivity index (χ0v) is 24.1. The van der Waals surface area contributed by atoms with Crippen LogP contribution in [0.2, 0.25) is 0 Å². The molecule has 0 bridgehead atoms. The van der Waals surface area contributed by atoms with Gasteiger partial charge in [0.1, 0.15) is 11.5 Å². The lowest BCUT2D eigenvalue weighted by atomic mass is 10.1. The Morgan fingerprint density at radius 1 is 1.00 bits per heavy atom. The van der Waals surface area contributed by atoms with Gasteiger partial charge in [-0.2, -0.15) is 5.10 Å². The van der Waals surface area contributed by atoms with E-state index in [-0.39, 0.29) is 18.0 Å². The molecule has 0 aliphatic carbocycles. The Balaban J connectivity index is 1.27. The fourth-order valence-corrected chi connectivity index (χ4v) is 5.21. The smallest absolute Gasteiger partial charge is 0.293 e. The minimum absolute atomic E-state index is 0.00777. The lowest BCUT2D eigenvalue weighted by Crippen LogP contribution is -2.36. The average Bonchev–Trinajstić information content (AvgIpc) is 3.57. The number of carbonyl (C=O) groups is 3. The van der Waals surface area contributed by atoms with Crippen molar-refractivity contribution in [3.05, 3.63) is 107 Å². The molecule has 1 saturated heterocycles. The highest BCUT2D eigenvalue weighted by molar-refractivity contribution is 8.18. The number of rotatable bonds is 10. The molecule has 1 fully saturated rings. The third-order valence-electron chi connectivity index (χ3n) is 6.51. The quantitative estimate of drug-likeness (QED) is 0.239. The summed E-state index contributed by atoms with van der Waals surface area (Å²) in [5.74, 6) is -0.132. The summed E-state index contributed by atoms with van der Waals surface area (Å²) in [4.78, 5) is 39.2. The summed E-state index contributed by atoms with van der Waals surface area (Å²) in [5.41, 5.74) is 3.52. The van der Waals surface area contributed by atoms with Crippen molar-refractivity contribution in [2.24, 2.45) is 0 Å².